The fourth-order valence-corrected chi connectivity index (χ4v) is 3.78. The van der Waals surface area contributed by atoms with E-state index in [1.165, 1.54) is 11.3 Å². The van der Waals surface area contributed by atoms with Gasteiger partial charge < -0.3 is 15.4 Å². The lowest BCUT2D eigenvalue weighted by Crippen LogP contribution is -2.45. The minimum absolute atomic E-state index is 0. The fourth-order valence-electron chi connectivity index (χ4n) is 2.77. The maximum Gasteiger partial charge on any atom is 0.265 e. The Kier molecular flexibility index (Phi) is 7.09. The van der Waals surface area contributed by atoms with Crippen molar-refractivity contribution in [3.05, 3.63) is 41.3 Å². The molecule has 1 aliphatic heterocycles. The largest absolute Gasteiger partial charge is 0.492 e. The van der Waals surface area contributed by atoms with Gasteiger partial charge in [-0.2, -0.15) is 0 Å². The van der Waals surface area contributed by atoms with E-state index in [1.807, 2.05) is 43.3 Å². The van der Waals surface area contributed by atoms with Gasteiger partial charge in [-0.25, -0.2) is 0 Å². The summed E-state index contributed by atoms with van der Waals surface area (Å²) in [6, 6.07) is 12.3. The second-order valence-electron chi connectivity index (χ2n) is 5.62. The molecule has 0 aliphatic carbocycles. The first-order valence-corrected chi connectivity index (χ1v) is 8.93. The van der Waals surface area contributed by atoms with Gasteiger partial charge in [0, 0.05) is 17.5 Å². The Morgan fingerprint density at radius 3 is 2.83 bits per heavy atom. The molecule has 1 unspecified atom stereocenters. The lowest BCUT2D eigenvalue weighted by atomic mass is 10.1. The summed E-state index contributed by atoms with van der Waals surface area (Å²) < 4.78 is 5.68. The number of benzene rings is 1. The third-order valence-electron chi connectivity index (χ3n) is 3.89. The van der Waals surface area contributed by atoms with E-state index in [1.54, 1.807) is 0 Å². The highest BCUT2D eigenvalue weighted by atomic mass is 35.5. The van der Waals surface area contributed by atoms with Crippen LogP contribution in [0.4, 0.5) is 0 Å². The van der Waals surface area contributed by atoms with Gasteiger partial charge in [0.05, 0.1) is 6.61 Å². The number of thiophene rings is 1. The molecule has 0 spiro atoms. The van der Waals surface area contributed by atoms with Crippen molar-refractivity contribution < 1.29 is 9.53 Å². The zero-order chi connectivity index (χ0) is 16.1. The molecule has 1 aromatic carbocycles. The van der Waals surface area contributed by atoms with Crippen LogP contribution in [0, 0.1) is 0 Å². The van der Waals surface area contributed by atoms with Gasteiger partial charge in [0.2, 0.25) is 0 Å². The number of piperidine rings is 1. The normalized spacial score (nSPS) is 17.0. The second kappa shape index (κ2) is 9.06. The molecule has 3 rings (SSSR count). The summed E-state index contributed by atoms with van der Waals surface area (Å²) >= 11 is 1.49. The molecular weight excluding hydrogens is 344 g/mol. The number of hydrogen-bond donors (Lipinski definition) is 2. The van der Waals surface area contributed by atoms with E-state index in [0.29, 0.717) is 17.2 Å². The van der Waals surface area contributed by atoms with Crippen LogP contribution in [-0.2, 0) is 0 Å². The van der Waals surface area contributed by atoms with Crippen LogP contribution in [0.2, 0.25) is 0 Å². The highest BCUT2D eigenvalue weighted by molar-refractivity contribution is 7.17. The molecular formula is C18H23ClN2O2S. The Bertz CT molecular complexity index is 654. The Labute approximate surface area is 153 Å². The molecule has 2 heterocycles. The molecule has 1 amide bonds. The highest BCUT2D eigenvalue weighted by Crippen LogP contribution is 2.36. The van der Waals surface area contributed by atoms with E-state index in [9.17, 15) is 4.79 Å². The van der Waals surface area contributed by atoms with Crippen LogP contribution in [-0.4, -0.2) is 31.6 Å². The Balaban J connectivity index is 0.00000208. The summed E-state index contributed by atoms with van der Waals surface area (Å²) in [6.45, 7) is 4.36. The fraction of sp³-hybridized carbons (Fsp3) is 0.389. The molecule has 6 heteroatoms. The van der Waals surface area contributed by atoms with Crippen molar-refractivity contribution in [1.82, 2.24) is 10.6 Å². The summed E-state index contributed by atoms with van der Waals surface area (Å²) in [5.74, 6) is 0.645. The first-order chi connectivity index (χ1) is 11.3. The van der Waals surface area contributed by atoms with Crippen LogP contribution in [0.15, 0.2) is 36.4 Å². The van der Waals surface area contributed by atoms with Gasteiger partial charge in [-0.15, -0.1) is 23.7 Å². The smallest absolute Gasteiger partial charge is 0.265 e. The number of carbonyl (C=O) groups excluding carboxylic acids is 1. The molecule has 2 N–H and O–H groups in total. The van der Waals surface area contributed by atoms with Crippen LogP contribution >= 0.6 is 23.7 Å². The highest BCUT2D eigenvalue weighted by Gasteiger charge is 2.22. The Morgan fingerprint density at radius 1 is 1.38 bits per heavy atom. The minimum atomic E-state index is -0.0330. The average molecular weight is 367 g/mol. The molecule has 1 saturated heterocycles. The molecule has 0 bridgehead atoms. The van der Waals surface area contributed by atoms with Gasteiger partial charge in [0.1, 0.15) is 10.6 Å². The van der Waals surface area contributed by atoms with Crippen LogP contribution in [0.1, 0.15) is 29.4 Å². The summed E-state index contributed by atoms with van der Waals surface area (Å²) in [4.78, 5) is 14.4. The SMILES string of the molecule is CCOc1cc(-c2ccccc2)sc1C(=O)NC1CCCNC1.Cl. The number of ether oxygens (including phenoxy) is 1. The monoisotopic (exact) mass is 366 g/mol. The van der Waals surface area contributed by atoms with E-state index in [2.05, 4.69) is 10.6 Å². The van der Waals surface area contributed by atoms with Gasteiger partial charge in [-0.3, -0.25) is 4.79 Å². The average Bonchev–Trinajstić information content (AvgIpc) is 3.01. The number of amides is 1. The van der Waals surface area contributed by atoms with Gasteiger partial charge in [0.25, 0.3) is 5.91 Å². The van der Waals surface area contributed by atoms with Gasteiger partial charge in [-0.05, 0) is 37.9 Å². The van der Waals surface area contributed by atoms with E-state index >= 15 is 0 Å². The van der Waals surface area contributed by atoms with Crippen molar-refractivity contribution in [3.8, 4) is 16.2 Å². The molecule has 24 heavy (non-hydrogen) atoms. The molecule has 130 valence electrons. The van der Waals surface area contributed by atoms with Crippen molar-refractivity contribution in [3.63, 3.8) is 0 Å². The maximum atomic E-state index is 12.6. The van der Waals surface area contributed by atoms with Crippen molar-refractivity contribution in [1.29, 1.82) is 0 Å². The number of rotatable bonds is 5. The minimum Gasteiger partial charge on any atom is -0.492 e. The third-order valence-corrected chi connectivity index (χ3v) is 5.06. The lowest BCUT2D eigenvalue weighted by Gasteiger charge is -2.23. The summed E-state index contributed by atoms with van der Waals surface area (Å²) in [5.41, 5.74) is 1.11. The van der Waals surface area contributed by atoms with E-state index < -0.39 is 0 Å². The van der Waals surface area contributed by atoms with Crippen LogP contribution in [0.5, 0.6) is 5.75 Å². The first kappa shape index (κ1) is 18.8. The quantitative estimate of drug-likeness (QED) is 0.847. The van der Waals surface area contributed by atoms with E-state index in [0.717, 1.165) is 36.4 Å². The molecule has 1 aliphatic rings. The molecule has 4 nitrogen and oxygen atoms in total. The zero-order valence-corrected chi connectivity index (χ0v) is 15.3. The summed E-state index contributed by atoms with van der Waals surface area (Å²) in [7, 11) is 0. The molecule has 0 radical (unpaired) electrons. The first-order valence-electron chi connectivity index (χ1n) is 8.11. The molecule has 2 aromatic rings. The predicted octanol–water partition coefficient (Wildman–Crippen LogP) is 3.72. The van der Waals surface area contributed by atoms with Crippen molar-refractivity contribution in [2.24, 2.45) is 0 Å². The molecule has 1 aromatic heterocycles. The number of hydrogen-bond acceptors (Lipinski definition) is 4. The van der Waals surface area contributed by atoms with E-state index in [-0.39, 0.29) is 24.4 Å². The van der Waals surface area contributed by atoms with Gasteiger partial charge in [0.15, 0.2) is 0 Å². The van der Waals surface area contributed by atoms with Crippen LogP contribution in [0.3, 0.4) is 0 Å². The van der Waals surface area contributed by atoms with Crippen molar-refractivity contribution in [2.45, 2.75) is 25.8 Å². The van der Waals surface area contributed by atoms with Crippen molar-refractivity contribution in [2.75, 3.05) is 19.7 Å². The third kappa shape index (κ3) is 4.50. The number of halogens is 1. The molecule has 0 saturated carbocycles. The maximum absolute atomic E-state index is 12.6. The van der Waals surface area contributed by atoms with Gasteiger partial charge >= 0.3 is 0 Å². The Hall–Kier alpha value is -1.56. The van der Waals surface area contributed by atoms with E-state index in [4.69, 9.17) is 4.74 Å². The summed E-state index contributed by atoms with van der Waals surface area (Å²) in [6.07, 6.45) is 2.13. The zero-order valence-electron chi connectivity index (χ0n) is 13.7. The standard InChI is InChI=1S/C18H22N2O2S.ClH/c1-2-22-15-11-16(13-7-4-3-5-8-13)23-17(15)18(21)20-14-9-6-10-19-12-14;/h3-5,7-8,11,14,19H,2,6,9-10,12H2,1H3,(H,20,21);1H. The molecule has 1 fully saturated rings. The van der Waals surface area contributed by atoms with Crippen LogP contribution in [0.25, 0.3) is 10.4 Å². The topological polar surface area (TPSA) is 50.4 Å². The second-order valence-corrected chi connectivity index (χ2v) is 6.67. The summed E-state index contributed by atoms with van der Waals surface area (Å²) in [5, 5.41) is 6.45. The lowest BCUT2D eigenvalue weighted by molar-refractivity contribution is 0.0931. The number of nitrogens with one attached hydrogen (secondary N) is 2. The number of carbonyl (C=O) groups is 1. The van der Waals surface area contributed by atoms with Gasteiger partial charge in [-0.1, -0.05) is 30.3 Å². The Morgan fingerprint density at radius 2 is 2.17 bits per heavy atom. The van der Waals surface area contributed by atoms with Crippen LogP contribution < -0.4 is 15.4 Å². The molecule has 1 atom stereocenters. The predicted molar refractivity (Wildman–Crippen MR) is 102 cm³/mol. The van der Waals surface area contributed by atoms with Crippen molar-refractivity contribution >= 4 is 29.7 Å².